The van der Waals surface area contributed by atoms with Gasteiger partial charge in [0.15, 0.2) is 0 Å². The smallest absolute Gasteiger partial charge is 0.243 e. The highest BCUT2D eigenvalue weighted by Gasteiger charge is 2.36. The van der Waals surface area contributed by atoms with E-state index in [0.717, 1.165) is 13.1 Å². The number of nitrogens with zero attached hydrogens (tertiary/aromatic N) is 2. The number of hydrogen-bond acceptors (Lipinski definition) is 6. The minimum Gasteiger partial charge on any atom is -0.389 e. The lowest BCUT2D eigenvalue weighted by Crippen LogP contribution is -2.48. The van der Waals surface area contributed by atoms with Gasteiger partial charge in [-0.2, -0.15) is 4.31 Å². The van der Waals surface area contributed by atoms with E-state index in [1.165, 1.54) is 23.4 Å². The number of sulfonamides is 1. The molecule has 1 aromatic rings. The van der Waals surface area contributed by atoms with Crippen molar-refractivity contribution < 1.29 is 23.1 Å². The van der Waals surface area contributed by atoms with E-state index in [0.29, 0.717) is 51.3 Å². The van der Waals surface area contributed by atoms with Crippen molar-refractivity contribution in [1.82, 2.24) is 9.21 Å². The van der Waals surface area contributed by atoms with Crippen LogP contribution in [0.5, 0.6) is 0 Å². The monoisotopic (exact) mass is 411 g/mol. The molecule has 156 valence electrons. The van der Waals surface area contributed by atoms with Gasteiger partial charge in [-0.25, -0.2) is 8.42 Å². The molecule has 1 aromatic carbocycles. The molecule has 9 heteroatoms. The second-order valence-electron chi connectivity index (χ2n) is 7.58. The molecule has 28 heavy (non-hydrogen) atoms. The van der Waals surface area contributed by atoms with Gasteiger partial charge < -0.3 is 15.2 Å². The van der Waals surface area contributed by atoms with Gasteiger partial charge in [0.05, 0.1) is 23.7 Å². The van der Waals surface area contributed by atoms with Crippen LogP contribution in [0, 0.1) is 0 Å². The summed E-state index contributed by atoms with van der Waals surface area (Å²) in [4.78, 5) is 13.5. The van der Waals surface area contributed by atoms with Crippen molar-refractivity contribution in [2.24, 2.45) is 0 Å². The first-order chi connectivity index (χ1) is 13.3. The number of nitrogens with one attached hydrogen (secondary N) is 1. The molecule has 2 saturated heterocycles. The van der Waals surface area contributed by atoms with Crippen LogP contribution >= 0.6 is 0 Å². The number of hydrogen-bond donors (Lipinski definition) is 2. The van der Waals surface area contributed by atoms with Crippen molar-refractivity contribution in [3.63, 3.8) is 0 Å². The molecule has 2 N–H and O–H groups in total. The zero-order chi connectivity index (χ0) is 20.2. The lowest BCUT2D eigenvalue weighted by molar-refractivity contribution is -0.114. The van der Waals surface area contributed by atoms with Crippen LogP contribution in [0.25, 0.3) is 0 Å². The zero-order valence-corrected chi connectivity index (χ0v) is 17.1. The van der Waals surface area contributed by atoms with Crippen LogP contribution in [0.2, 0.25) is 0 Å². The number of morpholine rings is 1. The minimum atomic E-state index is -3.64. The molecule has 2 aliphatic rings. The summed E-state index contributed by atoms with van der Waals surface area (Å²) >= 11 is 0. The fourth-order valence-electron chi connectivity index (χ4n) is 3.79. The summed E-state index contributed by atoms with van der Waals surface area (Å²) in [6.45, 7) is 5.57. The van der Waals surface area contributed by atoms with Gasteiger partial charge in [-0.1, -0.05) is 0 Å². The number of carbonyl (C=O) groups excluding carboxylic acids is 1. The Morgan fingerprint density at radius 1 is 1.14 bits per heavy atom. The number of aliphatic hydroxyl groups is 1. The molecule has 0 saturated carbocycles. The molecule has 1 amide bonds. The molecule has 8 nitrogen and oxygen atoms in total. The molecule has 1 atom stereocenters. The predicted octanol–water partition coefficient (Wildman–Crippen LogP) is 0.883. The molecular weight excluding hydrogens is 382 g/mol. The Kier molecular flexibility index (Phi) is 6.72. The van der Waals surface area contributed by atoms with Crippen LogP contribution in [0.3, 0.4) is 0 Å². The highest BCUT2D eigenvalue weighted by Crippen LogP contribution is 2.27. The number of anilines is 1. The largest absolute Gasteiger partial charge is 0.389 e. The molecule has 0 aliphatic carbocycles. The molecule has 3 rings (SSSR count). The molecule has 2 heterocycles. The fraction of sp³-hybridized carbons (Fsp3) is 0.632. The second kappa shape index (κ2) is 8.87. The van der Waals surface area contributed by atoms with E-state index < -0.39 is 15.6 Å². The van der Waals surface area contributed by atoms with Crippen LogP contribution in [0.15, 0.2) is 29.2 Å². The van der Waals surface area contributed by atoms with Gasteiger partial charge >= 0.3 is 0 Å². The molecule has 0 spiro atoms. The van der Waals surface area contributed by atoms with Gasteiger partial charge in [-0.3, -0.25) is 9.69 Å². The van der Waals surface area contributed by atoms with Crippen molar-refractivity contribution in [2.75, 3.05) is 51.3 Å². The van der Waals surface area contributed by atoms with Gasteiger partial charge in [0, 0.05) is 45.3 Å². The van der Waals surface area contributed by atoms with Crippen LogP contribution in [-0.2, 0) is 19.6 Å². The van der Waals surface area contributed by atoms with E-state index in [1.807, 2.05) is 0 Å². The topological polar surface area (TPSA) is 99.2 Å². The van der Waals surface area contributed by atoms with Gasteiger partial charge in [-0.15, -0.1) is 0 Å². The van der Waals surface area contributed by atoms with Crippen LogP contribution in [0.1, 0.15) is 26.2 Å². The average Bonchev–Trinajstić information content (AvgIpc) is 2.84. The Hall–Kier alpha value is -1.52. The van der Waals surface area contributed by atoms with Gasteiger partial charge in [0.1, 0.15) is 0 Å². The van der Waals surface area contributed by atoms with Crippen LogP contribution in [0.4, 0.5) is 5.69 Å². The molecular formula is C19H29N3O5S. The third-order valence-electron chi connectivity index (χ3n) is 5.31. The molecule has 0 unspecified atom stereocenters. The normalized spacial score (nSPS) is 25.2. The Morgan fingerprint density at radius 3 is 2.46 bits per heavy atom. The van der Waals surface area contributed by atoms with E-state index in [4.69, 9.17) is 4.74 Å². The minimum absolute atomic E-state index is 0.195. The second-order valence-corrected chi connectivity index (χ2v) is 9.51. The fourth-order valence-corrected chi connectivity index (χ4v) is 5.27. The van der Waals surface area contributed by atoms with Gasteiger partial charge in [0.25, 0.3) is 0 Å². The van der Waals surface area contributed by atoms with E-state index in [1.54, 1.807) is 12.1 Å². The maximum atomic E-state index is 13.0. The number of amides is 1. The van der Waals surface area contributed by atoms with Crippen LogP contribution in [-0.4, -0.2) is 80.2 Å². The van der Waals surface area contributed by atoms with Gasteiger partial charge in [-0.05, 0) is 43.5 Å². The Balaban J connectivity index is 1.65. The number of carbonyl (C=O) groups is 1. The number of benzene rings is 1. The number of rotatable bonds is 5. The molecule has 0 radical (unpaired) electrons. The summed E-state index contributed by atoms with van der Waals surface area (Å²) in [5.74, 6) is -0.206. The number of β-amino-alcohol motifs (C(OH)–C–C–N with tert-alkyl or cyclic N) is 1. The van der Waals surface area contributed by atoms with Crippen molar-refractivity contribution >= 4 is 21.6 Å². The molecule has 0 aromatic heterocycles. The third kappa shape index (κ3) is 5.30. The first-order valence-electron chi connectivity index (χ1n) is 9.69. The van der Waals surface area contributed by atoms with Crippen molar-refractivity contribution in [3.8, 4) is 0 Å². The lowest BCUT2D eigenvalue weighted by Gasteiger charge is -2.35. The number of ether oxygens (including phenoxy) is 1. The highest BCUT2D eigenvalue weighted by atomic mass is 32.2. The van der Waals surface area contributed by atoms with E-state index >= 15 is 0 Å². The maximum Gasteiger partial charge on any atom is 0.243 e. The summed E-state index contributed by atoms with van der Waals surface area (Å²) in [5, 5.41) is 13.7. The summed E-state index contributed by atoms with van der Waals surface area (Å²) in [6, 6.07) is 6.18. The lowest BCUT2D eigenvalue weighted by atomic mass is 9.94. The first kappa shape index (κ1) is 21.2. The van der Waals surface area contributed by atoms with E-state index in [-0.39, 0.29) is 17.3 Å². The molecule has 0 bridgehead atoms. The molecule has 2 fully saturated rings. The molecule has 2 aliphatic heterocycles. The third-order valence-corrected chi connectivity index (χ3v) is 7.22. The predicted molar refractivity (Wildman–Crippen MR) is 106 cm³/mol. The summed E-state index contributed by atoms with van der Waals surface area (Å²) in [5.41, 5.74) is -0.321. The van der Waals surface area contributed by atoms with Crippen molar-refractivity contribution in [3.05, 3.63) is 24.3 Å². The summed E-state index contributed by atoms with van der Waals surface area (Å²) < 4.78 is 32.8. The quantitative estimate of drug-likeness (QED) is 0.746. The van der Waals surface area contributed by atoms with E-state index in [9.17, 15) is 18.3 Å². The summed E-state index contributed by atoms with van der Waals surface area (Å²) in [6.07, 6.45) is 1.61. The Bertz CT molecular complexity index is 777. The standard InChI is InChI=1S/C19H29N3O5S/c1-16(23)20-17-3-5-18(6-4-17)28(25,26)22-9-2-7-19(24,8-10-22)15-21-11-13-27-14-12-21/h3-6,24H,2,7-15H2,1H3,(H,20,23)/t19-/m1/s1. The zero-order valence-electron chi connectivity index (χ0n) is 16.3. The van der Waals surface area contributed by atoms with E-state index in [2.05, 4.69) is 10.2 Å². The van der Waals surface area contributed by atoms with Crippen molar-refractivity contribution in [2.45, 2.75) is 36.7 Å². The SMILES string of the molecule is CC(=O)Nc1ccc(S(=O)(=O)N2CCC[C@](O)(CN3CCOCC3)CC2)cc1. The Labute approximate surface area is 166 Å². The average molecular weight is 412 g/mol. The highest BCUT2D eigenvalue weighted by molar-refractivity contribution is 7.89. The van der Waals surface area contributed by atoms with Crippen molar-refractivity contribution in [1.29, 1.82) is 0 Å². The van der Waals surface area contributed by atoms with Gasteiger partial charge in [0.2, 0.25) is 15.9 Å². The van der Waals surface area contributed by atoms with Crippen LogP contribution < -0.4 is 5.32 Å². The first-order valence-corrected chi connectivity index (χ1v) is 11.1. The Morgan fingerprint density at radius 2 is 1.82 bits per heavy atom. The summed E-state index contributed by atoms with van der Waals surface area (Å²) in [7, 11) is -3.64. The maximum absolute atomic E-state index is 13.0.